The second kappa shape index (κ2) is 7.18. The Labute approximate surface area is 114 Å². The quantitative estimate of drug-likeness (QED) is 0.220. The van der Waals surface area contributed by atoms with Crippen molar-refractivity contribution >= 4 is 21.3 Å². The van der Waals surface area contributed by atoms with Crippen LogP contribution in [-0.2, 0) is 25.5 Å². The molecule has 1 aliphatic heterocycles. The third kappa shape index (κ3) is 5.16. The minimum atomic E-state index is -4.88. The fourth-order valence-corrected chi connectivity index (χ4v) is 5.15. The van der Waals surface area contributed by atoms with Gasteiger partial charge in [0.1, 0.15) is 29.8 Å². The highest BCUT2D eigenvalue weighted by Crippen LogP contribution is 2.25. The van der Waals surface area contributed by atoms with Gasteiger partial charge in [-0.3, -0.25) is 4.18 Å². The van der Waals surface area contributed by atoms with Crippen LogP contribution in [0.25, 0.3) is 0 Å². The molecule has 1 saturated heterocycles. The first-order valence-electron chi connectivity index (χ1n) is 5.66. The largest absolute Gasteiger partial charge is 0.726 e. The van der Waals surface area contributed by atoms with Crippen molar-refractivity contribution in [3.8, 4) is 0 Å². The molecule has 0 saturated carbocycles. The summed E-state index contributed by atoms with van der Waals surface area (Å²) in [6.07, 6.45) is -2.97. The highest BCUT2D eigenvalue weighted by atomic mass is 32.3. The van der Waals surface area contributed by atoms with E-state index in [1.54, 1.807) is 0 Å². The van der Waals surface area contributed by atoms with Gasteiger partial charge in [-0.1, -0.05) is 0 Å². The van der Waals surface area contributed by atoms with Crippen LogP contribution in [0, 0.1) is 0 Å². The molecule has 0 spiro atoms. The summed E-state index contributed by atoms with van der Waals surface area (Å²) in [7, 11) is -5.39. The van der Waals surface area contributed by atoms with Crippen LogP contribution in [0.2, 0.25) is 0 Å². The van der Waals surface area contributed by atoms with E-state index in [0.717, 1.165) is 0 Å². The van der Waals surface area contributed by atoms with Crippen LogP contribution >= 0.6 is 0 Å². The van der Waals surface area contributed by atoms with Crippen molar-refractivity contribution in [1.29, 1.82) is 0 Å². The number of hydrogen-bond donors (Lipinski definition) is 4. The van der Waals surface area contributed by atoms with Crippen molar-refractivity contribution < 1.29 is 37.6 Å². The Morgan fingerprint density at radius 1 is 1.37 bits per heavy atom. The van der Waals surface area contributed by atoms with Gasteiger partial charge in [0.15, 0.2) is 5.25 Å². The first-order valence-corrected chi connectivity index (χ1v) is 8.62. The van der Waals surface area contributed by atoms with E-state index >= 15 is 0 Å². The van der Waals surface area contributed by atoms with Crippen LogP contribution in [0.4, 0.5) is 0 Å². The van der Waals surface area contributed by atoms with Crippen molar-refractivity contribution in [2.24, 2.45) is 0 Å². The Hall–Kier alpha value is 0.0600. The van der Waals surface area contributed by atoms with Gasteiger partial charge in [0.05, 0.1) is 13.2 Å². The molecule has 1 fully saturated rings. The molecule has 4 N–H and O–H groups in total. The number of rotatable bonds is 7. The molecule has 0 radical (unpaired) electrons. The molecular formula is C9H18O8S2. The molecule has 1 rings (SSSR count). The molecule has 1 aliphatic rings. The third-order valence-electron chi connectivity index (χ3n) is 2.93. The molecule has 114 valence electrons. The summed E-state index contributed by atoms with van der Waals surface area (Å²) in [5.41, 5.74) is 0. The fraction of sp³-hybridized carbons (Fsp3) is 1.00. The van der Waals surface area contributed by atoms with Crippen LogP contribution in [0.5, 0.6) is 0 Å². The minimum absolute atomic E-state index is 0.0943. The van der Waals surface area contributed by atoms with Crippen molar-refractivity contribution in [2.45, 2.75) is 30.0 Å². The van der Waals surface area contributed by atoms with Crippen molar-refractivity contribution in [2.75, 3.05) is 24.7 Å². The Balaban J connectivity index is 2.51. The lowest BCUT2D eigenvalue weighted by Gasteiger charge is -2.17. The Morgan fingerprint density at radius 2 is 2.00 bits per heavy atom. The fourth-order valence-electron chi connectivity index (χ4n) is 1.95. The number of aliphatic hydroxyl groups is 4. The molecule has 1 heterocycles. The van der Waals surface area contributed by atoms with Crippen LogP contribution in [0.1, 0.15) is 6.42 Å². The van der Waals surface area contributed by atoms with Gasteiger partial charge in [0.2, 0.25) is 10.4 Å². The Kier molecular flexibility index (Phi) is 6.47. The second-order valence-electron chi connectivity index (χ2n) is 4.28. The van der Waals surface area contributed by atoms with Crippen molar-refractivity contribution in [3.63, 3.8) is 0 Å². The van der Waals surface area contributed by atoms with Gasteiger partial charge in [0.25, 0.3) is 0 Å². The van der Waals surface area contributed by atoms with Crippen molar-refractivity contribution in [1.82, 2.24) is 0 Å². The lowest BCUT2D eigenvalue weighted by atomic mass is 10.2. The van der Waals surface area contributed by atoms with Crippen molar-refractivity contribution in [3.05, 3.63) is 0 Å². The van der Waals surface area contributed by atoms with Crippen LogP contribution < -0.4 is 0 Å². The molecule has 0 bridgehead atoms. The Bertz CT molecular complexity index is 372. The van der Waals surface area contributed by atoms with E-state index in [1.165, 1.54) is 0 Å². The predicted molar refractivity (Wildman–Crippen MR) is 66.3 cm³/mol. The maximum Gasteiger partial charge on any atom is 0.217 e. The molecule has 0 amide bonds. The molecule has 0 aromatic heterocycles. The lowest BCUT2D eigenvalue weighted by molar-refractivity contribution is 0.0325. The zero-order chi connectivity index (χ0) is 14.6. The highest BCUT2D eigenvalue weighted by Gasteiger charge is 2.49. The average molecular weight is 318 g/mol. The summed E-state index contributed by atoms with van der Waals surface area (Å²) < 4.78 is 35.4. The molecule has 0 aromatic rings. The summed E-state index contributed by atoms with van der Waals surface area (Å²) in [4.78, 5) is 0. The number of aliphatic hydroxyl groups excluding tert-OH is 4. The van der Waals surface area contributed by atoms with Gasteiger partial charge in [-0.15, -0.1) is 0 Å². The van der Waals surface area contributed by atoms with E-state index in [2.05, 4.69) is 4.18 Å². The summed E-state index contributed by atoms with van der Waals surface area (Å²) in [6.45, 7) is -0.903. The van der Waals surface area contributed by atoms with Gasteiger partial charge in [-0.05, 0) is 10.9 Å². The van der Waals surface area contributed by atoms with Crippen LogP contribution in [-0.4, -0.2) is 81.7 Å². The van der Waals surface area contributed by atoms with E-state index in [-0.39, 0.29) is 13.0 Å². The van der Waals surface area contributed by atoms with E-state index in [1.807, 2.05) is 0 Å². The van der Waals surface area contributed by atoms with E-state index in [9.17, 15) is 23.2 Å². The van der Waals surface area contributed by atoms with E-state index < -0.39 is 51.5 Å². The zero-order valence-corrected chi connectivity index (χ0v) is 11.7. The first kappa shape index (κ1) is 17.1. The summed E-state index contributed by atoms with van der Waals surface area (Å²) in [6, 6.07) is 0. The average Bonchev–Trinajstić information content (AvgIpc) is 2.58. The van der Waals surface area contributed by atoms with E-state index in [0.29, 0.717) is 11.5 Å². The monoisotopic (exact) mass is 318 g/mol. The SMILES string of the molecule is O=S(=O)([O-])O[C@@H](CO)CC[S+]1C[C@@H](O)[C@H](O)[C@H]1CO. The highest BCUT2D eigenvalue weighted by molar-refractivity contribution is 7.97. The summed E-state index contributed by atoms with van der Waals surface area (Å²) in [5.74, 6) is 0.648. The third-order valence-corrected chi connectivity index (χ3v) is 6.25. The van der Waals surface area contributed by atoms with Crippen LogP contribution in [0.15, 0.2) is 0 Å². The van der Waals surface area contributed by atoms with E-state index in [4.69, 9.17) is 10.2 Å². The molecular weight excluding hydrogens is 300 g/mol. The maximum absolute atomic E-state index is 10.4. The molecule has 10 heteroatoms. The molecule has 8 nitrogen and oxygen atoms in total. The maximum atomic E-state index is 10.4. The standard InChI is InChI=1S/C9H18O8S2/c10-3-6(17-19(14,15)16)1-2-18-5-7(12)9(13)8(18)4-11/h6-13H,1-5H2/t6-,7-,8-,9+,18?/m1/s1. The molecule has 5 atom stereocenters. The first-order chi connectivity index (χ1) is 8.78. The molecule has 19 heavy (non-hydrogen) atoms. The van der Waals surface area contributed by atoms with Gasteiger partial charge in [-0.2, -0.15) is 0 Å². The minimum Gasteiger partial charge on any atom is -0.726 e. The summed E-state index contributed by atoms with van der Waals surface area (Å²) >= 11 is 0. The summed E-state index contributed by atoms with van der Waals surface area (Å²) in [5, 5.41) is 36.7. The smallest absolute Gasteiger partial charge is 0.217 e. The number of hydrogen-bond acceptors (Lipinski definition) is 8. The van der Waals surface area contributed by atoms with Gasteiger partial charge >= 0.3 is 0 Å². The topological polar surface area (TPSA) is 147 Å². The van der Waals surface area contributed by atoms with Gasteiger partial charge in [-0.25, -0.2) is 8.42 Å². The van der Waals surface area contributed by atoms with Gasteiger partial charge < -0.3 is 25.0 Å². The predicted octanol–water partition coefficient (Wildman–Crippen LogP) is -3.07. The molecule has 1 unspecified atom stereocenters. The normalized spacial score (nSPS) is 33.5. The zero-order valence-electron chi connectivity index (χ0n) is 10.1. The molecule has 0 aliphatic carbocycles. The second-order valence-corrected chi connectivity index (χ2v) is 7.72. The lowest BCUT2D eigenvalue weighted by Crippen LogP contribution is -2.35. The van der Waals surface area contributed by atoms with Gasteiger partial charge in [0, 0.05) is 6.42 Å². The molecule has 0 aromatic carbocycles. The van der Waals surface area contributed by atoms with Crippen LogP contribution in [0.3, 0.4) is 0 Å². The Morgan fingerprint density at radius 3 is 2.47 bits per heavy atom.